The van der Waals surface area contributed by atoms with Crippen molar-refractivity contribution in [3.05, 3.63) is 28.7 Å². The number of anilines is 1. The van der Waals surface area contributed by atoms with E-state index in [1.165, 1.54) is 0 Å². The first-order chi connectivity index (χ1) is 9.15. The molecule has 1 aromatic rings. The molecule has 112 valence electrons. The van der Waals surface area contributed by atoms with Crippen molar-refractivity contribution in [3.8, 4) is 0 Å². The Morgan fingerprint density at radius 1 is 1.35 bits per heavy atom. The molecule has 1 heterocycles. The maximum absolute atomic E-state index is 12.0. The second-order valence-corrected chi connectivity index (χ2v) is 5.87. The molecule has 0 aromatic heterocycles. The van der Waals surface area contributed by atoms with E-state index in [0.29, 0.717) is 12.6 Å². The first-order valence-electron chi connectivity index (χ1n) is 6.61. The molecule has 2 N–H and O–H groups in total. The normalized spacial score (nSPS) is 15.8. The van der Waals surface area contributed by atoms with Gasteiger partial charge in [0.1, 0.15) is 0 Å². The summed E-state index contributed by atoms with van der Waals surface area (Å²) in [6, 6.07) is 8.15. The molecule has 1 saturated heterocycles. The number of benzene rings is 1. The fourth-order valence-corrected chi connectivity index (χ4v) is 2.60. The van der Waals surface area contributed by atoms with Crippen molar-refractivity contribution in [3.63, 3.8) is 0 Å². The molecule has 0 spiro atoms. The highest BCUT2D eigenvalue weighted by Gasteiger charge is 2.19. The molecule has 0 aliphatic carbocycles. The number of rotatable bonds is 4. The third-order valence-electron chi connectivity index (χ3n) is 3.45. The zero-order chi connectivity index (χ0) is 13.7. The van der Waals surface area contributed by atoms with E-state index in [-0.39, 0.29) is 18.3 Å². The van der Waals surface area contributed by atoms with Gasteiger partial charge in [-0.05, 0) is 57.2 Å². The Bertz CT molecular complexity index is 421. The van der Waals surface area contributed by atoms with Crippen LogP contribution in [0.15, 0.2) is 28.7 Å². The van der Waals surface area contributed by atoms with Crippen LogP contribution in [0.4, 0.5) is 5.69 Å². The average Bonchev–Trinajstić information content (AvgIpc) is 2.42. The number of carbonyl (C=O) groups excluding carboxylic acids is 1. The van der Waals surface area contributed by atoms with Crippen LogP contribution in [0.3, 0.4) is 0 Å². The average molecular weight is 363 g/mol. The summed E-state index contributed by atoms with van der Waals surface area (Å²) in [7, 11) is 2.02. The van der Waals surface area contributed by atoms with Crippen LogP contribution in [0.1, 0.15) is 12.8 Å². The molecular weight excluding hydrogens is 342 g/mol. The zero-order valence-electron chi connectivity index (χ0n) is 11.6. The molecule has 1 aromatic carbocycles. The van der Waals surface area contributed by atoms with E-state index in [1.54, 1.807) is 0 Å². The van der Waals surface area contributed by atoms with Gasteiger partial charge in [0.15, 0.2) is 0 Å². The maximum atomic E-state index is 12.0. The molecule has 0 saturated carbocycles. The largest absolute Gasteiger partial charge is 0.325 e. The van der Waals surface area contributed by atoms with E-state index in [1.807, 2.05) is 31.3 Å². The first kappa shape index (κ1) is 17.4. The molecule has 0 unspecified atom stereocenters. The van der Waals surface area contributed by atoms with Crippen molar-refractivity contribution in [1.82, 2.24) is 10.2 Å². The van der Waals surface area contributed by atoms with Crippen LogP contribution in [0.25, 0.3) is 0 Å². The number of amides is 1. The second-order valence-electron chi connectivity index (χ2n) is 4.95. The topological polar surface area (TPSA) is 44.4 Å². The summed E-state index contributed by atoms with van der Waals surface area (Å²) in [5, 5.41) is 6.26. The van der Waals surface area contributed by atoms with Gasteiger partial charge in [-0.1, -0.05) is 15.9 Å². The van der Waals surface area contributed by atoms with E-state index in [2.05, 4.69) is 31.5 Å². The van der Waals surface area contributed by atoms with Gasteiger partial charge < -0.3 is 10.6 Å². The Labute approximate surface area is 134 Å². The molecule has 20 heavy (non-hydrogen) atoms. The van der Waals surface area contributed by atoms with Crippen LogP contribution < -0.4 is 10.6 Å². The molecule has 1 amide bonds. The van der Waals surface area contributed by atoms with Crippen LogP contribution in [-0.2, 0) is 4.79 Å². The number of hydrogen-bond donors (Lipinski definition) is 2. The van der Waals surface area contributed by atoms with E-state index >= 15 is 0 Å². The minimum atomic E-state index is 0. The molecule has 2 rings (SSSR count). The van der Waals surface area contributed by atoms with E-state index in [4.69, 9.17) is 0 Å². The SMILES string of the molecule is CN(CC(=O)Nc1ccc(Br)cc1)C1CCNCC1.Cl. The highest BCUT2D eigenvalue weighted by molar-refractivity contribution is 9.10. The third-order valence-corrected chi connectivity index (χ3v) is 3.98. The van der Waals surface area contributed by atoms with E-state index in [9.17, 15) is 4.79 Å². The van der Waals surface area contributed by atoms with Crippen molar-refractivity contribution in [2.45, 2.75) is 18.9 Å². The standard InChI is InChI=1S/C14H20BrN3O.ClH/c1-18(13-6-8-16-9-7-13)10-14(19)17-12-4-2-11(15)3-5-12;/h2-5,13,16H,6-10H2,1H3,(H,17,19);1H. The molecule has 1 fully saturated rings. The van der Waals surface area contributed by atoms with Gasteiger partial charge in [-0.2, -0.15) is 0 Å². The minimum absolute atomic E-state index is 0. The summed E-state index contributed by atoms with van der Waals surface area (Å²) in [6.45, 7) is 2.54. The molecular formula is C14H21BrClN3O. The Kier molecular flexibility index (Phi) is 7.51. The molecule has 1 aliphatic rings. The maximum Gasteiger partial charge on any atom is 0.238 e. The van der Waals surface area contributed by atoms with Gasteiger partial charge in [0.2, 0.25) is 5.91 Å². The fraction of sp³-hybridized carbons (Fsp3) is 0.500. The van der Waals surface area contributed by atoms with Crippen molar-refractivity contribution in [1.29, 1.82) is 0 Å². The first-order valence-corrected chi connectivity index (χ1v) is 7.41. The van der Waals surface area contributed by atoms with Crippen LogP contribution in [0.2, 0.25) is 0 Å². The van der Waals surface area contributed by atoms with Crippen molar-refractivity contribution >= 4 is 39.9 Å². The highest BCUT2D eigenvalue weighted by atomic mass is 79.9. The monoisotopic (exact) mass is 361 g/mol. The van der Waals surface area contributed by atoms with Crippen LogP contribution >= 0.6 is 28.3 Å². The lowest BCUT2D eigenvalue weighted by Crippen LogP contribution is -2.44. The fourth-order valence-electron chi connectivity index (χ4n) is 2.34. The van der Waals surface area contributed by atoms with Crippen LogP contribution in [0.5, 0.6) is 0 Å². The summed E-state index contributed by atoms with van der Waals surface area (Å²) < 4.78 is 1.01. The predicted octanol–water partition coefficient (Wildman–Crippen LogP) is 2.49. The van der Waals surface area contributed by atoms with E-state index in [0.717, 1.165) is 36.1 Å². The molecule has 6 heteroatoms. The van der Waals surface area contributed by atoms with Gasteiger partial charge in [0.05, 0.1) is 6.54 Å². The second kappa shape index (κ2) is 8.62. The number of hydrogen-bond acceptors (Lipinski definition) is 3. The van der Waals surface area contributed by atoms with Gasteiger partial charge in [-0.25, -0.2) is 0 Å². The Hall–Kier alpha value is -0.620. The number of likely N-dealkylation sites (N-methyl/N-ethyl adjacent to an activating group) is 1. The summed E-state index contributed by atoms with van der Waals surface area (Å²) in [6.07, 6.45) is 2.23. The van der Waals surface area contributed by atoms with Crippen molar-refractivity contribution in [2.24, 2.45) is 0 Å². The summed E-state index contributed by atoms with van der Waals surface area (Å²) >= 11 is 3.38. The van der Waals surface area contributed by atoms with Crippen LogP contribution in [-0.4, -0.2) is 43.5 Å². The lowest BCUT2D eigenvalue weighted by atomic mass is 10.1. The highest BCUT2D eigenvalue weighted by Crippen LogP contribution is 2.14. The Morgan fingerprint density at radius 2 is 1.95 bits per heavy atom. The molecule has 4 nitrogen and oxygen atoms in total. The number of piperidine rings is 1. The van der Waals surface area contributed by atoms with E-state index < -0.39 is 0 Å². The minimum Gasteiger partial charge on any atom is -0.325 e. The van der Waals surface area contributed by atoms with Crippen molar-refractivity contribution < 1.29 is 4.79 Å². The third kappa shape index (κ3) is 5.40. The Balaban J connectivity index is 0.00000200. The molecule has 1 aliphatic heterocycles. The summed E-state index contributed by atoms with van der Waals surface area (Å²) in [5.41, 5.74) is 0.840. The quantitative estimate of drug-likeness (QED) is 0.865. The van der Waals surface area contributed by atoms with Gasteiger partial charge >= 0.3 is 0 Å². The van der Waals surface area contributed by atoms with Gasteiger partial charge in [0.25, 0.3) is 0 Å². The van der Waals surface area contributed by atoms with Gasteiger partial charge in [0, 0.05) is 16.2 Å². The zero-order valence-corrected chi connectivity index (χ0v) is 14.0. The molecule has 0 atom stereocenters. The number of nitrogens with zero attached hydrogens (tertiary/aromatic N) is 1. The number of carbonyl (C=O) groups is 1. The molecule has 0 bridgehead atoms. The molecule has 0 radical (unpaired) electrons. The lowest BCUT2D eigenvalue weighted by Gasteiger charge is -2.31. The summed E-state index contributed by atoms with van der Waals surface area (Å²) in [4.78, 5) is 14.1. The summed E-state index contributed by atoms with van der Waals surface area (Å²) in [5.74, 6) is 0.0448. The van der Waals surface area contributed by atoms with Crippen LogP contribution in [0, 0.1) is 0 Å². The van der Waals surface area contributed by atoms with Gasteiger partial charge in [-0.3, -0.25) is 9.69 Å². The number of nitrogens with one attached hydrogen (secondary N) is 2. The Morgan fingerprint density at radius 3 is 2.55 bits per heavy atom. The van der Waals surface area contributed by atoms with Gasteiger partial charge in [-0.15, -0.1) is 12.4 Å². The number of halogens is 2. The lowest BCUT2D eigenvalue weighted by molar-refractivity contribution is -0.117. The van der Waals surface area contributed by atoms with Crippen molar-refractivity contribution in [2.75, 3.05) is 32.0 Å². The predicted molar refractivity (Wildman–Crippen MR) is 88.5 cm³/mol. The smallest absolute Gasteiger partial charge is 0.238 e.